The predicted octanol–water partition coefficient (Wildman–Crippen LogP) is 2.12. The van der Waals surface area contributed by atoms with Crippen LogP contribution in [0.1, 0.15) is 39.4 Å². The van der Waals surface area contributed by atoms with E-state index < -0.39 is 16.9 Å². The lowest BCUT2D eigenvalue weighted by atomic mass is 10.2. The monoisotopic (exact) mass is 310 g/mol. The first kappa shape index (κ1) is 17.8. The highest BCUT2D eigenvalue weighted by Gasteiger charge is 2.36. The summed E-state index contributed by atoms with van der Waals surface area (Å²) >= 11 is 0. The second kappa shape index (κ2) is 8.26. The van der Waals surface area contributed by atoms with Crippen molar-refractivity contribution in [3.05, 3.63) is 22.1 Å². The fraction of sp³-hybridized carbons (Fsp3) is 0.643. The molecule has 1 aromatic rings. The van der Waals surface area contributed by atoms with Crippen molar-refractivity contribution >= 4 is 17.5 Å². The minimum atomic E-state index is -0.526. The summed E-state index contributed by atoms with van der Waals surface area (Å²) in [7, 11) is 1.31. The summed E-state index contributed by atoms with van der Waals surface area (Å²) < 4.78 is 4.75. The Morgan fingerprint density at radius 3 is 2.77 bits per heavy atom. The molecule has 0 bridgehead atoms. The van der Waals surface area contributed by atoms with Gasteiger partial charge in [-0.3, -0.25) is 10.1 Å². The highest BCUT2D eigenvalue weighted by molar-refractivity contribution is 5.81. The minimum Gasteiger partial charge on any atom is -0.467 e. The molecule has 0 radical (unpaired) electrons. The van der Waals surface area contributed by atoms with E-state index in [2.05, 4.69) is 9.97 Å². The van der Waals surface area contributed by atoms with Crippen LogP contribution in [0, 0.1) is 10.1 Å². The van der Waals surface area contributed by atoms with Crippen LogP contribution >= 0.6 is 0 Å². The lowest BCUT2D eigenvalue weighted by Gasteiger charge is -2.23. The molecule has 0 saturated carbocycles. The maximum atomic E-state index is 11.8. The quantitative estimate of drug-likeness (QED) is 0.477. The van der Waals surface area contributed by atoms with Gasteiger partial charge in [-0.15, -0.1) is 0 Å². The van der Waals surface area contributed by atoms with Gasteiger partial charge in [0.05, 0.1) is 12.0 Å². The standard InChI is InChI=1S/C12H16N4O4.C2H6/c1-3-10-13-7-9(16(18)19)11(14-10)15-6-4-5-8(15)12(17)20-2;1-2/h7-8H,3-6H2,1-2H3;1-2H3. The molecule has 1 atom stereocenters. The van der Waals surface area contributed by atoms with E-state index in [4.69, 9.17) is 4.74 Å². The van der Waals surface area contributed by atoms with Gasteiger partial charge >= 0.3 is 11.7 Å². The topological polar surface area (TPSA) is 98.5 Å². The third kappa shape index (κ3) is 3.69. The van der Waals surface area contributed by atoms with Gasteiger partial charge in [0.25, 0.3) is 0 Å². The van der Waals surface area contributed by atoms with E-state index in [-0.39, 0.29) is 11.5 Å². The van der Waals surface area contributed by atoms with E-state index in [1.807, 2.05) is 20.8 Å². The second-order valence-electron chi connectivity index (χ2n) is 4.48. The zero-order chi connectivity index (χ0) is 16.7. The second-order valence-corrected chi connectivity index (χ2v) is 4.48. The molecule has 2 heterocycles. The first-order valence-corrected chi connectivity index (χ1v) is 7.43. The maximum Gasteiger partial charge on any atom is 0.329 e. The molecule has 8 heteroatoms. The van der Waals surface area contributed by atoms with Gasteiger partial charge in [0.2, 0.25) is 5.82 Å². The zero-order valence-electron chi connectivity index (χ0n) is 13.4. The van der Waals surface area contributed by atoms with E-state index in [9.17, 15) is 14.9 Å². The molecule has 1 aromatic heterocycles. The lowest BCUT2D eigenvalue weighted by molar-refractivity contribution is -0.384. The average Bonchev–Trinajstić information content (AvgIpc) is 3.04. The number of hydrogen-bond donors (Lipinski definition) is 0. The van der Waals surface area contributed by atoms with Crippen molar-refractivity contribution in [2.45, 2.75) is 46.1 Å². The van der Waals surface area contributed by atoms with Crippen LogP contribution in [0.25, 0.3) is 0 Å². The van der Waals surface area contributed by atoms with Crippen molar-refractivity contribution in [2.75, 3.05) is 18.6 Å². The van der Waals surface area contributed by atoms with Crippen molar-refractivity contribution in [2.24, 2.45) is 0 Å². The molecule has 0 N–H and O–H groups in total. The van der Waals surface area contributed by atoms with E-state index in [1.165, 1.54) is 13.3 Å². The number of carbonyl (C=O) groups is 1. The van der Waals surface area contributed by atoms with E-state index in [0.717, 1.165) is 6.42 Å². The number of esters is 1. The molecule has 0 spiro atoms. The van der Waals surface area contributed by atoms with Gasteiger partial charge in [-0.1, -0.05) is 20.8 Å². The van der Waals surface area contributed by atoms with Crippen molar-refractivity contribution in [3.63, 3.8) is 0 Å². The number of methoxy groups -OCH3 is 1. The van der Waals surface area contributed by atoms with Gasteiger partial charge in [0.1, 0.15) is 18.1 Å². The van der Waals surface area contributed by atoms with Crippen LogP contribution in [-0.2, 0) is 16.0 Å². The Hall–Kier alpha value is -2.25. The molecule has 22 heavy (non-hydrogen) atoms. The van der Waals surface area contributed by atoms with Crippen LogP contribution in [0.3, 0.4) is 0 Å². The summed E-state index contributed by atoms with van der Waals surface area (Å²) in [6.07, 6.45) is 3.15. The molecule has 1 aliphatic rings. The van der Waals surface area contributed by atoms with Gasteiger partial charge < -0.3 is 9.64 Å². The summed E-state index contributed by atoms with van der Waals surface area (Å²) in [5.74, 6) is 0.323. The SMILES string of the molecule is CC.CCc1ncc([N+](=O)[O-])c(N2CCCC2C(=O)OC)n1. The average molecular weight is 310 g/mol. The molecule has 1 fully saturated rings. The first-order chi connectivity index (χ1) is 10.6. The normalized spacial score (nSPS) is 16.7. The maximum absolute atomic E-state index is 11.8. The molecule has 0 amide bonds. The largest absolute Gasteiger partial charge is 0.467 e. The Bertz CT molecular complexity index is 536. The minimum absolute atomic E-state index is 0.182. The Kier molecular flexibility index (Phi) is 6.68. The van der Waals surface area contributed by atoms with Crippen LogP contribution < -0.4 is 4.90 Å². The third-order valence-electron chi connectivity index (χ3n) is 3.31. The van der Waals surface area contributed by atoms with Gasteiger partial charge in [-0.25, -0.2) is 14.8 Å². The van der Waals surface area contributed by atoms with E-state index in [0.29, 0.717) is 25.2 Å². The number of hydrogen-bond acceptors (Lipinski definition) is 7. The van der Waals surface area contributed by atoms with Gasteiger partial charge in [-0.05, 0) is 12.8 Å². The number of aryl methyl sites for hydroxylation is 1. The number of aromatic nitrogens is 2. The Balaban J connectivity index is 0.00000116. The summed E-state index contributed by atoms with van der Waals surface area (Å²) in [6.45, 7) is 6.41. The van der Waals surface area contributed by atoms with Crippen LogP contribution in [0.15, 0.2) is 6.20 Å². The number of ether oxygens (including phenoxy) is 1. The van der Waals surface area contributed by atoms with Crippen LogP contribution in [0.2, 0.25) is 0 Å². The summed E-state index contributed by atoms with van der Waals surface area (Å²) in [4.78, 5) is 32.2. The Morgan fingerprint density at radius 2 is 2.23 bits per heavy atom. The molecule has 122 valence electrons. The number of nitro groups is 1. The van der Waals surface area contributed by atoms with E-state index >= 15 is 0 Å². The van der Waals surface area contributed by atoms with Crippen molar-refractivity contribution in [1.82, 2.24) is 9.97 Å². The fourth-order valence-corrected chi connectivity index (χ4v) is 2.31. The number of rotatable bonds is 4. The molecule has 0 aromatic carbocycles. The van der Waals surface area contributed by atoms with Gasteiger partial charge in [0.15, 0.2) is 0 Å². The predicted molar refractivity (Wildman–Crippen MR) is 81.8 cm³/mol. The van der Waals surface area contributed by atoms with E-state index in [1.54, 1.807) is 4.90 Å². The van der Waals surface area contributed by atoms with Crippen molar-refractivity contribution < 1.29 is 14.5 Å². The Labute approximate surface area is 129 Å². The molecule has 2 rings (SSSR count). The molecular weight excluding hydrogens is 288 g/mol. The molecule has 0 aliphatic carbocycles. The lowest BCUT2D eigenvalue weighted by Crippen LogP contribution is -2.38. The molecule has 1 saturated heterocycles. The molecular formula is C14H22N4O4. The van der Waals surface area contributed by atoms with Crippen molar-refractivity contribution in [3.8, 4) is 0 Å². The smallest absolute Gasteiger partial charge is 0.329 e. The first-order valence-electron chi connectivity index (χ1n) is 7.43. The molecule has 1 aliphatic heterocycles. The highest BCUT2D eigenvalue weighted by atomic mass is 16.6. The van der Waals surface area contributed by atoms with Gasteiger partial charge in [-0.2, -0.15) is 0 Å². The van der Waals surface area contributed by atoms with Crippen LogP contribution in [-0.4, -0.2) is 40.6 Å². The summed E-state index contributed by atoms with van der Waals surface area (Å²) in [5, 5.41) is 11.1. The number of anilines is 1. The van der Waals surface area contributed by atoms with Gasteiger partial charge in [0, 0.05) is 13.0 Å². The highest BCUT2D eigenvalue weighted by Crippen LogP contribution is 2.31. The number of nitrogens with zero attached hydrogens (tertiary/aromatic N) is 4. The summed E-state index contributed by atoms with van der Waals surface area (Å²) in [6, 6.07) is -0.515. The van der Waals surface area contributed by atoms with Crippen molar-refractivity contribution in [1.29, 1.82) is 0 Å². The van der Waals surface area contributed by atoms with Crippen LogP contribution in [0.4, 0.5) is 11.5 Å². The molecule has 8 nitrogen and oxygen atoms in total. The Morgan fingerprint density at radius 1 is 1.55 bits per heavy atom. The fourth-order valence-electron chi connectivity index (χ4n) is 2.31. The molecule has 1 unspecified atom stereocenters. The third-order valence-corrected chi connectivity index (χ3v) is 3.31. The van der Waals surface area contributed by atoms with Crippen LogP contribution in [0.5, 0.6) is 0 Å². The summed E-state index contributed by atoms with van der Waals surface area (Å²) in [5.41, 5.74) is -0.182. The zero-order valence-corrected chi connectivity index (χ0v) is 13.4. The number of carbonyl (C=O) groups excluding carboxylic acids is 1.